The van der Waals surface area contributed by atoms with Gasteiger partial charge in [0, 0.05) is 23.3 Å². The zero-order valence-electron chi connectivity index (χ0n) is 8.50. The highest BCUT2D eigenvalue weighted by Crippen LogP contribution is 2.34. The van der Waals surface area contributed by atoms with Crippen molar-refractivity contribution in [2.75, 3.05) is 0 Å². The summed E-state index contributed by atoms with van der Waals surface area (Å²) in [5.74, 6) is -3.37. The molecule has 0 aromatic heterocycles. The zero-order valence-corrected chi connectivity index (χ0v) is 8.50. The van der Waals surface area contributed by atoms with E-state index in [1.54, 1.807) is 0 Å². The summed E-state index contributed by atoms with van der Waals surface area (Å²) < 4.78 is 4.30. The van der Waals surface area contributed by atoms with E-state index in [4.69, 9.17) is 10.2 Å². The van der Waals surface area contributed by atoms with E-state index in [2.05, 4.69) is 4.74 Å². The van der Waals surface area contributed by atoms with Crippen molar-refractivity contribution in [3.8, 4) is 0 Å². The zero-order chi connectivity index (χ0) is 13.0. The molecule has 1 aliphatic carbocycles. The lowest BCUT2D eigenvalue weighted by Gasteiger charge is -2.07. The van der Waals surface area contributed by atoms with Crippen molar-refractivity contribution < 1.29 is 34.1 Å². The number of ether oxygens (including phenoxy) is 1. The molecule has 2 rings (SSSR count). The van der Waals surface area contributed by atoms with E-state index >= 15 is 0 Å². The van der Waals surface area contributed by atoms with Crippen LogP contribution in [0.3, 0.4) is 0 Å². The van der Waals surface area contributed by atoms with Gasteiger partial charge in [-0.25, -0.2) is 19.2 Å². The minimum atomic E-state index is -1.26. The average molecular weight is 240 g/mol. The third-order valence-corrected chi connectivity index (χ3v) is 2.04. The van der Waals surface area contributed by atoms with Gasteiger partial charge in [0.25, 0.3) is 0 Å². The van der Waals surface area contributed by atoms with Gasteiger partial charge in [-0.15, -0.1) is 0 Å². The summed E-state index contributed by atoms with van der Waals surface area (Å²) in [7, 11) is 0. The van der Waals surface area contributed by atoms with Gasteiger partial charge in [-0.3, -0.25) is 0 Å². The molecule has 7 nitrogen and oxygen atoms in total. The lowest BCUT2D eigenvalue weighted by Crippen LogP contribution is -2.05. The summed E-state index contributed by atoms with van der Waals surface area (Å²) >= 11 is 0. The van der Waals surface area contributed by atoms with E-state index in [0.717, 1.165) is 12.8 Å². The fraction of sp³-hybridized carbons (Fsp3) is 0.200. The molecule has 0 radical (unpaired) electrons. The van der Waals surface area contributed by atoms with Gasteiger partial charge >= 0.3 is 23.9 Å². The van der Waals surface area contributed by atoms with Crippen molar-refractivity contribution in [3.05, 3.63) is 23.3 Å². The molecular weight excluding hydrogens is 232 g/mol. The number of carboxylic acids is 2. The van der Waals surface area contributed by atoms with E-state index in [0.29, 0.717) is 23.3 Å². The van der Waals surface area contributed by atoms with Crippen LogP contribution in [0.1, 0.15) is 12.8 Å². The van der Waals surface area contributed by atoms with Crippen LogP contribution in [0, 0.1) is 0 Å². The molecule has 0 amide bonds. The predicted molar refractivity (Wildman–Crippen MR) is 51.8 cm³/mol. The second-order valence-corrected chi connectivity index (χ2v) is 3.14. The SMILES string of the molecule is O=C(O)/C=C\C(=O)O.O=C1OC(=O)C2=C1CC2. The van der Waals surface area contributed by atoms with Gasteiger partial charge < -0.3 is 14.9 Å². The Morgan fingerprint density at radius 3 is 1.47 bits per heavy atom. The van der Waals surface area contributed by atoms with Gasteiger partial charge in [0.2, 0.25) is 0 Å². The Bertz CT molecular complexity index is 415. The second-order valence-electron chi connectivity index (χ2n) is 3.14. The lowest BCUT2D eigenvalue weighted by atomic mass is 9.91. The van der Waals surface area contributed by atoms with Crippen LogP contribution in [-0.2, 0) is 23.9 Å². The number of carboxylic acid groups (broad SMARTS) is 2. The lowest BCUT2D eigenvalue weighted by molar-refractivity contribution is -0.150. The van der Waals surface area contributed by atoms with Crippen LogP contribution < -0.4 is 0 Å². The molecule has 1 heterocycles. The molecule has 0 aromatic carbocycles. The normalized spacial score (nSPS) is 16.9. The highest BCUT2D eigenvalue weighted by molar-refractivity contribution is 6.14. The van der Waals surface area contributed by atoms with Gasteiger partial charge in [0.1, 0.15) is 0 Å². The molecule has 0 aromatic rings. The molecule has 2 N–H and O–H groups in total. The number of aliphatic carboxylic acids is 2. The fourth-order valence-electron chi connectivity index (χ4n) is 1.18. The number of hydrogen-bond acceptors (Lipinski definition) is 5. The summed E-state index contributed by atoms with van der Waals surface area (Å²) in [5.41, 5.74) is 1.19. The van der Waals surface area contributed by atoms with Crippen molar-refractivity contribution in [2.24, 2.45) is 0 Å². The van der Waals surface area contributed by atoms with E-state index in [1.807, 2.05) is 0 Å². The maximum Gasteiger partial charge on any atom is 0.342 e. The number of cyclic esters (lactones) is 2. The predicted octanol–water partition coefficient (Wildman–Crippen LogP) is -0.128. The molecule has 0 saturated carbocycles. The Balaban J connectivity index is 0.000000172. The van der Waals surface area contributed by atoms with Crippen molar-refractivity contribution >= 4 is 23.9 Å². The van der Waals surface area contributed by atoms with Crippen LogP contribution in [-0.4, -0.2) is 34.1 Å². The number of hydrogen-bond donors (Lipinski definition) is 2. The number of rotatable bonds is 2. The molecule has 2 aliphatic rings. The van der Waals surface area contributed by atoms with E-state index in [-0.39, 0.29) is 0 Å². The quantitative estimate of drug-likeness (QED) is 0.392. The first-order valence-corrected chi connectivity index (χ1v) is 4.54. The highest BCUT2D eigenvalue weighted by Gasteiger charge is 2.38. The van der Waals surface area contributed by atoms with Gasteiger partial charge in [0.15, 0.2) is 0 Å². The van der Waals surface area contributed by atoms with Crippen LogP contribution in [0.25, 0.3) is 0 Å². The van der Waals surface area contributed by atoms with Gasteiger partial charge in [-0.1, -0.05) is 0 Å². The molecule has 7 heteroatoms. The van der Waals surface area contributed by atoms with Crippen molar-refractivity contribution in [1.29, 1.82) is 0 Å². The maximum absolute atomic E-state index is 10.5. The summed E-state index contributed by atoms with van der Waals surface area (Å²) in [5, 5.41) is 15.6. The Labute approximate surface area is 95.0 Å². The van der Waals surface area contributed by atoms with Crippen LogP contribution in [0.15, 0.2) is 23.3 Å². The molecule has 0 fully saturated rings. The molecule has 0 unspecified atom stereocenters. The van der Waals surface area contributed by atoms with Crippen LogP contribution in [0.4, 0.5) is 0 Å². The minimum Gasteiger partial charge on any atom is -0.478 e. The second kappa shape index (κ2) is 5.06. The Kier molecular flexibility index (Phi) is 3.76. The van der Waals surface area contributed by atoms with Crippen molar-refractivity contribution in [2.45, 2.75) is 12.8 Å². The van der Waals surface area contributed by atoms with E-state index in [9.17, 15) is 19.2 Å². The Morgan fingerprint density at radius 2 is 1.29 bits per heavy atom. The minimum absolute atomic E-state index is 0.429. The maximum atomic E-state index is 10.5. The van der Waals surface area contributed by atoms with Gasteiger partial charge in [-0.05, 0) is 12.8 Å². The van der Waals surface area contributed by atoms with Crippen LogP contribution >= 0.6 is 0 Å². The molecule has 0 atom stereocenters. The highest BCUT2D eigenvalue weighted by atomic mass is 16.6. The number of carbonyl (C=O) groups is 4. The largest absolute Gasteiger partial charge is 0.478 e. The first-order valence-electron chi connectivity index (χ1n) is 4.54. The first kappa shape index (κ1) is 12.6. The molecule has 90 valence electrons. The first-order chi connectivity index (χ1) is 7.91. The monoisotopic (exact) mass is 240 g/mol. The van der Waals surface area contributed by atoms with E-state index in [1.165, 1.54) is 0 Å². The topological polar surface area (TPSA) is 118 Å². The molecule has 0 saturated heterocycles. The molecule has 0 bridgehead atoms. The van der Waals surface area contributed by atoms with Crippen molar-refractivity contribution in [3.63, 3.8) is 0 Å². The van der Waals surface area contributed by atoms with Crippen LogP contribution in [0.2, 0.25) is 0 Å². The average Bonchev–Trinajstić information content (AvgIpc) is 2.31. The van der Waals surface area contributed by atoms with Gasteiger partial charge in [0.05, 0.1) is 0 Å². The Morgan fingerprint density at radius 1 is 0.941 bits per heavy atom. The third-order valence-electron chi connectivity index (χ3n) is 2.04. The smallest absolute Gasteiger partial charge is 0.342 e. The van der Waals surface area contributed by atoms with Crippen LogP contribution in [0.5, 0.6) is 0 Å². The standard InChI is InChI=1S/C6H4O3.C4H4O4/c7-5-3-1-2-4(3)6(8)9-5;5-3(6)1-2-4(7)8/h1-2H2;1-2H,(H,5,6)(H,7,8)/b;2-1-. The van der Waals surface area contributed by atoms with Crippen molar-refractivity contribution in [1.82, 2.24) is 0 Å². The summed E-state index contributed by atoms with van der Waals surface area (Å²) in [4.78, 5) is 40.2. The molecular formula is C10H8O7. The summed E-state index contributed by atoms with van der Waals surface area (Å²) in [6.07, 6.45) is 2.56. The van der Waals surface area contributed by atoms with Gasteiger partial charge in [-0.2, -0.15) is 0 Å². The molecule has 0 spiro atoms. The third kappa shape index (κ3) is 3.26. The molecule has 17 heavy (non-hydrogen) atoms. The Hall–Kier alpha value is -2.44. The molecule has 1 aliphatic heterocycles. The summed E-state index contributed by atoms with van der Waals surface area (Å²) in [6, 6.07) is 0. The summed E-state index contributed by atoms with van der Waals surface area (Å²) in [6.45, 7) is 0. The number of carbonyl (C=O) groups excluding carboxylic acids is 2. The van der Waals surface area contributed by atoms with E-state index < -0.39 is 23.9 Å². The number of esters is 2. The fourth-order valence-corrected chi connectivity index (χ4v) is 1.18.